The molecule has 0 aliphatic carbocycles. The average molecular weight is 380 g/mol. The van der Waals surface area contributed by atoms with E-state index in [1.807, 2.05) is 31.2 Å². The van der Waals surface area contributed by atoms with Crippen LogP contribution in [0.1, 0.15) is 21.7 Å². The second-order valence-corrected chi connectivity index (χ2v) is 6.92. The molecule has 8 heteroatoms. The molecule has 0 radical (unpaired) electrons. The molecule has 2 heterocycles. The van der Waals surface area contributed by atoms with Crippen LogP contribution in [0.4, 0.5) is 4.39 Å². The van der Waals surface area contributed by atoms with Gasteiger partial charge in [-0.1, -0.05) is 23.8 Å². The maximum Gasteiger partial charge on any atom is 0.254 e. The van der Waals surface area contributed by atoms with E-state index in [0.717, 1.165) is 11.5 Å². The number of rotatable bonds is 4. The van der Waals surface area contributed by atoms with Gasteiger partial charge in [-0.25, -0.2) is 4.39 Å². The number of carbonyl (C=O) groups is 1. The normalized spacial score (nSPS) is 15.0. The summed E-state index contributed by atoms with van der Waals surface area (Å²) in [6.07, 6.45) is 0. The lowest BCUT2D eigenvalue weighted by Crippen LogP contribution is -2.48. The Bertz CT molecular complexity index is 963. The molecule has 1 fully saturated rings. The van der Waals surface area contributed by atoms with Crippen LogP contribution in [0.3, 0.4) is 0 Å². The van der Waals surface area contributed by atoms with Crippen LogP contribution in [0, 0.1) is 12.7 Å². The van der Waals surface area contributed by atoms with Crippen molar-refractivity contribution in [2.24, 2.45) is 0 Å². The van der Waals surface area contributed by atoms with Gasteiger partial charge in [-0.15, -0.1) is 5.10 Å². The lowest BCUT2D eigenvalue weighted by atomic mass is 10.1. The first-order valence-electron chi connectivity index (χ1n) is 9.21. The first-order chi connectivity index (χ1) is 13.6. The van der Waals surface area contributed by atoms with Crippen LogP contribution >= 0.6 is 0 Å². The number of aromatic nitrogens is 4. The van der Waals surface area contributed by atoms with Gasteiger partial charge in [0.05, 0.1) is 12.2 Å². The summed E-state index contributed by atoms with van der Waals surface area (Å²) in [5.74, 6) is 0.227. The molecule has 2 aromatic carbocycles. The van der Waals surface area contributed by atoms with Crippen molar-refractivity contribution in [3.05, 3.63) is 71.3 Å². The van der Waals surface area contributed by atoms with Gasteiger partial charge in [-0.2, -0.15) is 4.68 Å². The molecule has 0 atom stereocenters. The van der Waals surface area contributed by atoms with Gasteiger partial charge in [-0.3, -0.25) is 9.69 Å². The maximum absolute atomic E-state index is 13.4. The minimum Gasteiger partial charge on any atom is -0.336 e. The van der Waals surface area contributed by atoms with Crippen LogP contribution in [0.25, 0.3) is 5.69 Å². The summed E-state index contributed by atoms with van der Waals surface area (Å²) in [4.78, 5) is 16.5. The van der Waals surface area contributed by atoms with Crippen LogP contribution in [-0.4, -0.2) is 62.1 Å². The van der Waals surface area contributed by atoms with Gasteiger partial charge < -0.3 is 4.90 Å². The lowest BCUT2D eigenvalue weighted by Gasteiger charge is -2.34. The van der Waals surface area contributed by atoms with E-state index in [9.17, 15) is 9.18 Å². The van der Waals surface area contributed by atoms with Crippen molar-refractivity contribution in [2.75, 3.05) is 26.2 Å². The molecular weight excluding hydrogens is 359 g/mol. The quantitative estimate of drug-likeness (QED) is 0.693. The van der Waals surface area contributed by atoms with E-state index >= 15 is 0 Å². The molecule has 4 rings (SSSR count). The van der Waals surface area contributed by atoms with Gasteiger partial charge in [-0.05, 0) is 47.7 Å². The Morgan fingerprint density at radius 2 is 1.82 bits per heavy atom. The number of piperazine rings is 1. The molecule has 1 aliphatic rings. The minimum absolute atomic E-state index is 0.136. The zero-order chi connectivity index (χ0) is 19.5. The van der Waals surface area contributed by atoms with Gasteiger partial charge in [0.2, 0.25) is 0 Å². The third kappa shape index (κ3) is 3.91. The largest absolute Gasteiger partial charge is 0.336 e. The highest BCUT2D eigenvalue weighted by molar-refractivity contribution is 5.94. The Labute approximate surface area is 162 Å². The molecule has 0 unspecified atom stereocenters. The summed E-state index contributed by atoms with van der Waals surface area (Å²) in [5, 5.41) is 12.1. The standard InChI is InChI=1S/C20H21FN6O/c1-15-5-7-18(8-6-15)27-19(22-23-24-27)14-25-9-11-26(12-10-25)20(28)16-3-2-4-17(21)13-16/h2-8,13H,9-12,14H2,1H3. The summed E-state index contributed by atoms with van der Waals surface area (Å²) >= 11 is 0. The molecule has 28 heavy (non-hydrogen) atoms. The predicted octanol–water partition coefficient (Wildman–Crippen LogP) is 2.07. The van der Waals surface area contributed by atoms with Crippen molar-refractivity contribution in [3.8, 4) is 5.69 Å². The topological polar surface area (TPSA) is 67.2 Å². The average Bonchev–Trinajstić information content (AvgIpc) is 3.17. The number of benzene rings is 2. The molecule has 3 aromatic rings. The molecule has 0 spiro atoms. The summed E-state index contributed by atoms with van der Waals surface area (Å²) < 4.78 is 15.1. The van der Waals surface area contributed by atoms with Gasteiger partial charge in [0.25, 0.3) is 5.91 Å². The van der Waals surface area contributed by atoms with Gasteiger partial charge in [0, 0.05) is 31.7 Å². The van der Waals surface area contributed by atoms with Crippen molar-refractivity contribution in [3.63, 3.8) is 0 Å². The Morgan fingerprint density at radius 1 is 1.07 bits per heavy atom. The number of hydrogen-bond acceptors (Lipinski definition) is 5. The highest BCUT2D eigenvalue weighted by Crippen LogP contribution is 2.14. The highest BCUT2D eigenvalue weighted by Gasteiger charge is 2.23. The number of hydrogen-bond donors (Lipinski definition) is 0. The fraction of sp³-hybridized carbons (Fsp3) is 0.300. The Hall–Kier alpha value is -3.13. The first kappa shape index (κ1) is 18.2. The van der Waals surface area contributed by atoms with E-state index in [0.29, 0.717) is 38.3 Å². The van der Waals surface area contributed by atoms with Gasteiger partial charge in [0.15, 0.2) is 5.82 Å². The monoisotopic (exact) mass is 380 g/mol. The van der Waals surface area contributed by atoms with Crippen LogP contribution in [0.5, 0.6) is 0 Å². The van der Waals surface area contributed by atoms with E-state index in [1.54, 1.807) is 21.7 Å². The summed E-state index contributed by atoms with van der Waals surface area (Å²) in [7, 11) is 0. The summed E-state index contributed by atoms with van der Waals surface area (Å²) in [6.45, 7) is 5.23. The zero-order valence-electron chi connectivity index (χ0n) is 15.6. The van der Waals surface area contributed by atoms with E-state index in [-0.39, 0.29) is 5.91 Å². The second kappa shape index (κ2) is 7.85. The van der Waals surface area contributed by atoms with E-state index in [2.05, 4.69) is 20.4 Å². The molecule has 144 valence electrons. The van der Waals surface area contributed by atoms with E-state index < -0.39 is 5.82 Å². The molecule has 0 bridgehead atoms. The predicted molar refractivity (Wildman–Crippen MR) is 101 cm³/mol. The highest BCUT2D eigenvalue weighted by atomic mass is 19.1. The fourth-order valence-corrected chi connectivity index (χ4v) is 3.30. The van der Waals surface area contributed by atoms with Crippen molar-refractivity contribution >= 4 is 5.91 Å². The summed E-state index contributed by atoms with van der Waals surface area (Å²) in [6, 6.07) is 13.9. The van der Waals surface area contributed by atoms with E-state index in [1.165, 1.54) is 17.7 Å². The second-order valence-electron chi connectivity index (χ2n) is 6.92. The van der Waals surface area contributed by atoms with Crippen LogP contribution in [0.2, 0.25) is 0 Å². The molecule has 0 N–H and O–H groups in total. The Kier molecular flexibility index (Phi) is 5.12. The number of halogens is 1. The van der Waals surface area contributed by atoms with Crippen LogP contribution in [0.15, 0.2) is 48.5 Å². The Morgan fingerprint density at radius 3 is 2.54 bits per heavy atom. The lowest BCUT2D eigenvalue weighted by molar-refractivity contribution is 0.0624. The van der Waals surface area contributed by atoms with Crippen molar-refractivity contribution < 1.29 is 9.18 Å². The third-order valence-corrected chi connectivity index (χ3v) is 4.91. The van der Waals surface area contributed by atoms with E-state index in [4.69, 9.17) is 0 Å². The van der Waals surface area contributed by atoms with Gasteiger partial charge in [0.1, 0.15) is 5.82 Å². The van der Waals surface area contributed by atoms with Crippen LogP contribution in [-0.2, 0) is 6.54 Å². The fourth-order valence-electron chi connectivity index (χ4n) is 3.30. The molecule has 1 aromatic heterocycles. The number of tetrazole rings is 1. The van der Waals surface area contributed by atoms with Crippen LogP contribution < -0.4 is 0 Å². The maximum atomic E-state index is 13.4. The number of carbonyl (C=O) groups excluding carboxylic acids is 1. The minimum atomic E-state index is -0.396. The molecule has 1 aliphatic heterocycles. The van der Waals surface area contributed by atoms with Gasteiger partial charge >= 0.3 is 0 Å². The SMILES string of the molecule is Cc1ccc(-n2nnnc2CN2CCN(C(=O)c3cccc(F)c3)CC2)cc1. The number of amides is 1. The number of nitrogens with zero attached hydrogens (tertiary/aromatic N) is 6. The molecule has 0 saturated carbocycles. The van der Waals surface area contributed by atoms with Crippen molar-refractivity contribution in [1.29, 1.82) is 0 Å². The van der Waals surface area contributed by atoms with Crippen molar-refractivity contribution in [1.82, 2.24) is 30.0 Å². The molecular formula is C20H21FN6O. The zero-order valence-corrected chi connectivity index (χ0v) is 15.6. The Balaban J connectivity index is 1.38. The smallest absolute Gasteiger partial charge is 0.254 e. The molecule has 7 nitrogen and oxygen atoms in total. The first-order valence-corrected chi connectivity index (χ1v) is 9.21. The summed E-state index contributed by atoms with van der Waals surface area (Å²) in [5.41, 5.74) is 2.49. The molecule has 1 saturated heterocycles. The van der Waals surface area contributed by atoms with Crippen molar-refractivity contribution in [2.45, 2.75) is 13.5 Å². The number of aryl methyl sites for hydroxylation is 1. The molecule has 1 amide bonds. The third-order valence-electron chi connectivity index (χ3n) is 4.91.